The molecule has 0 atom stereocenters. The highest BCUT2D eigenvalue weighted by Gasteiger charge is 2.30. The van der Waals surface area contributed by atoms with Crippen molar-refractivity contribution in [1.29, 1.82) is 0 Å². The summed E-state index contributed by atoms with van der Waals surface area (Å²) in [6.07, 6.45) is -0.801. The Balaban J connectivity index is 1.48. The summed E-state index contributed by atoms with van der Waals surface area (Å²) in [6.45, 7) is 0.332. The van der Waals surface area contributed by atoms with Gasteiger partial charge in [-0.1, -0.05) is 30.3 Å². The molecule has 3 rings (SSSR count). The molecule has 0 spiro atoms. The quantitative estimate of drug-likeness (QED) is 0.614. The van der Waals surface area contributed by atoms with Gasteiger partial charge in [-0.15, -0.1) is 13.2 Å². The number of ether oxygens (including phenoxy) is 1. The lowest BCUT2D eigenvalue weighted by molar-refractivity contribution is -0.274. The van der Waals surface area contributed by atoms with E-state index in [0.717, 1.165) is 23.9 Å². The van der Waals surface area contributed by atoms with Crippen LogP contribution in [0.25, 0.3) is 10.9 Å². The highest BCUT2D eigenvalue weighted by Crippen LogP contribution is 2.23. The first-order valence-corrected chi connectivity index (χ1v) is 8.95. The number of alkyl halides is 3. The van der Waals surface area contributed by atoms with E-state index in [9.17, 15) is 18.0 Å². The summed E-state index contributed by atoms with van der Waals surface area (Å²) in [5.74, 6) is -0.278. The molecule has 0 aliphatic heterocycles. The van der Waals surface area contributed by atoms with E-state index in [1.165, 1.54) is 35.2 Å². The number of nitrogens with zero attached hydrogens (tertiary/aromatic N) is 1. The Bertz CT molecular complexity index is 933. The van der Waals surface area contributed by atoms with Crippen molar-refractivity contribution in [3.05, 3.63) is 65.9 Å². The van der Waals surface area contributed by atoms with E-state index < -0.39 is 6.36 Å². The number of carbonyl (C=O) groups excluding carboxylic acids is 1. The molecule has 0 saturated heterocycles. The van der Waals surface area contributed by atoms with E-state index in [1.807, 2.05) is 24.4 Å². The zero-order chi connectivity index (χ0) is 20.1. The van der Waals surface area contributed by atoms with Gasteiger partial charge in [0.15, 0.2) is 0 Å². The number of halogens is 3. The lowest BCUT2D eigenvalue weighted by Gasteiger charge is -2.17. The molecule has 0 fully saturated rings. The number of hydrogen-bond acceptors (Lipinski definition) is 2. The second-order valence-electron chi connectivity index (χ2n) is 6.65. The molecule has 0 bridgehead atoms. The van der Waals surface area contributed by atoms with E-state index in [1.54, 1.807) is 11.9 Å². The number of carbonyl (C=O) groups is 1. The average molecular weight is 390 g/mol. The normalized spacial score (nSPS) is 11.6. The fourth-order valence-electron chi connectivity index (χ4n) is 3.12. The maximum absolute atomic E-state index is 12.3. The van der Waals surface area contributed by atoms with Crippen molar-refractivity contribution in [3.8, 4) is 5.75 Å². The standard InChI is InChI=1S/C21H21F3N2O2/c1-26(14-15-9-11-17(12-10-15)28-21(22,23)24)20(27)8-4-5-16-13-25-19-7-3-2-6-18(16)19/h2-3,6-7,9-13,25H,4-5,8,14H2,1H3. The summed E-state index contributed by atoms with van der Waals surface area (Å²) in [7, 11) is 1.69. The largest absolute Gasteiger partial charge is 0.573 e. The number of aromatic amines is 1. The number of amides is 1. The molecule has 28 heavy (non-hydrogen) atoms. The Morgan fingerprint density at radius 2 is 1.82 bits per heavy atom. The Labute approximate surface area is 160 Å². The molecule has 0 aliphatic rings. The summed E-state index contributed by atoms with van der Waals surface area (Å²) in [4.78, 5) is 17.1. The van der Waals surface area contributed by atoms with Gasteiger partial charge in [0.1, 0.15) is 5.75 Å². The number of nitrogens with one attached hydrogen (secondary N) is 1. The monoisotopic (exact) mass is 390 g/mol. The van der Waals surface area contributed by atoms with Crippen molar-refractivity contribution < 1.29 is 22.7 Å². The van der Waals surface area contributed by atoms with Crippen LogP contribution in [0.3, 0.4) is 0 Å². The van der Waals surface area contributed by atoms with Gasteiger partial charge in [-0.25, -0.2) is 0 Å². The second-order valence-corrected chi connectivity index (χ2v) is 6.65. The minimum atomic E-state index is -4.71. The maximum atomic E-state index is 12.3. The molecule has 1 amide bonds. The molecule has 0 unspecified atom stereocenters. The van der Waals surface area contributed by atoms with Crippen LogP contribution in [0.4, 0.5) is 13.2 Å². The minimum Gasteiger partial charge on any atom is -0.406 e. The summed E-state index contributed by atoms with van der Waals surface area (Å²) in [5, 5.41) is 1.17. The SMILES string of the molecule is CN(Cc1ccc(OC(F)(F)F)cc1)C(=O)CCCc1c[nH]c2ccccc12. The van der Waals surface area contributed by atoms with Crippen LogP contribution < -0.4 is 4.74 Å². The third-order valence-corrected chi connectivity index (χ3v) is 4.51. The van der Waals surface area contributed by atoms with Crippen LogP contribution in [0.15, 0.2) is 54.7 Å². The first kappa shape index (κ1) is 19.8. The van der Waals surface area contributed by atoms with Gasteiger partial charge in [0.2, 0.25) is 5.91 Å². The lowest BCUT2D eigenvalue weighted by Crippen LogP contribution is -2.26. The lowest BCUT2D eigenvalue weighted by atomic mass is 10.1. The molecule has 4 nitrogen and oxygen atoms in total. The predicted molar refractivity (Wildman–Crippen MR) is 101 cm³/mol. The highest BCUT2D eigenvalue weighted by atomic mass is 19.4. The number of benzene rings is 2. The van der Waals surface area contributed by atoms with Crippen LogP contribution in [0.5, 0.6) is 5.75 Å². The molecule has 3 aromatic rings. The third kappa shape index (κ3) is 5.28. The molecule has 0 saturated carbocycles. The summed E-state index contributed by atoms with van der Waals surface area (Å²) in [5.41, 5.74) is 3.01. The average Bonchev–Trinajstić information content (AvgIpc) is 3.05. The fourth-order valence-corrected chi connectivity index (χ4v) is 3.12. The van der Waals surface area contributed by atoms with E-state index in [0.29, 0.717) is 13.0 Å². The van der Waals surface area contributed by atoms with Crippen LogP contribution >= 0.6 is 0 Å². The molecule has 1 N–H and O–H groups in total. The summed E-state index contributed by atoms with van der Waals surface area (Å²) < 4.78 is 40.4. The molecule has 7 heteroatoms. The first-order chi connectivity index (χ1) is 13.3. The van der Waals surface area contributed by atoms with E-state index in [-0.39, 0.29) is 11.7 Å². The fraction of sp³-hybridized carbons (Fsp3) is 0.286. The zero-order valence-electron chi connectivity index (χ0n) is 15.4. The van der Waals surface area contributed by atoms with Gasteiger partial charge in [-0.3, -0.25) is 4.79 Å². The van der Waals surface area contributed by atoms with Crippen LogP contribution in [0.2, 0.25) is 0 Å². The van der Waals surface area contributed by atoms with Gasteiger partial charge in [-0.05, 0) is 42.2 Å². The Morgan fingerprint density at radius 3 is 2.54 bits per heavy atom. The van der Waals surface area contributed by atoms with E-state index in [4.69, 9.17) is 0 Å². The van der Waals surface area contributed by atoms with Gasteiger partial charge < -0.3 is 14.6 Å². The van der Waals surface area contributed by atoms with E-state index in [2.05, 4.69) is 15.8 Å². The smallest absolute Gasteiger partial charge is 0.406 e. The van der Waals surface area contributed by atoms with Gasteiger partial charge in [0.25, 0.3) is 0 Å². The van der Waals surface area contributed by atoms with Gasteiger partial charge in [0, 0.05) is 37.1 Å². The molecule has 148 valence electrons. The van der Waals surface area contributed by atoms with Crippen LogP contribution in [0.1, 0.15) is 24.0 Å². The van der Waals surface area contributed by atoms with Crippen molar-refractivity contribution in [1.82, 2.24) is 9.88 Å². The third-order valence-electron chi connectivity index (χ3n) is 4.51. The van der Waals surface area contributed by atoms with Crippen LogP contribution in [-0.4, -0.2) is 29.2 Å². The van der Waals surface area contributed by atoms with E-state index >= 15 is 0 Å². The minimum absolute atomic E-state index is 0.00420. The molecular formula is C21H21F3N2O2. The molecule has 1 heterocycles. The molecule has 1 aromatic heterocycles. The summed E-state index contributed by atoms with van der Waals surface area (Å²) in [6, 6.07) is 13.6. The molecule has 0 radical (unpaired) electrons. The van der Waals surface area contributed by atoms with Crippen LogP contribution in [-0.2, 0) is 17.8 Å². The van der Waals surface area contributed by atoms with Crippen LogP contribution in [0, 0.1) is 0 Å². The van der Waals surface area contributed by atoms with Crippen molar-refractivity contribution in [2.24, 2.45) is 0 Å². The summed E-state index contributed by atoms with van der Waals surface area (Å²) >= 11 is 0. The van der Waals surface area contributed by atoms with Gasteiger partial charge in [-0.2, -0.15) is 0 Å². The van der Waals surface area contributed by atoms with Crippen molar-refractivity contribution in [2.45, 2.75) is 32.2 Å². The Kier molecular flexibility index (Phi) is 5.92. The number of rotatable bonds is 7. The molecule has 2 aromatic carbocycles. The number of aryl methyl sites for hydroxylation is 1. The van der Waals surface area contributed by atoms with Gasteiger partial charge in [0.05, 0.1) is 0 Å². The first-order valence-electron chi connectivity index (χ1n) is 8.95. The number of hydrogen-bond donors (Lipinski definition) is 1. The van der Waals surface area contributed by atoms with Crippen molar-refractivity contribution in [2.75, 3.05) is 7.05 Å². The van der Waals surface area contributed by atoms with Gasteiger partial charge >= 0.3 is 6.36 Å². The Hall–Kier alpha value is -2.96. The molecule has 0 aliphatic carbocycles. The number of para-hydroxylation sites is 1. The highest BCUT2D eigenvalue weighted by molar-refractivity contribution is 5.83. The van der Waals surface area contributed by atoms with Crippen molar-refractivity contribution >= 4 is 16.8 Å². The molecular weight excluding hydrogens is 369 g/mol. The maximum Gasteiger partial charge on any atom is 0.573 e. The number of fused-ring (bicyclic) bond motifs is 1. The van der Waals surface area contributed by atoms with Crippen molar-refractivity contribution in [3.63, 3.8) is 0 Å². The topological polar surface area (TPSA) is 45.3 Å². The number of H-pyrrole nitrogens is 1. The number of aromatic nitrogens is 1. The zero-order valence-corrected chi connectivity index (χ0v) is 15.4. The Morgan fingerprint density at radius 1 is 1.11 bits per heavy atom. The predicted octanol–water partition coefficient (Wildman–Crippen LogP) is 5.05. The second kappa shape index (κ2) is 8.37.